The lowest BCUT2D eigenvalue weighted by Gasteiger charge is -2.20. The highest BCUT2D eigenvalue weighted by Crippen LogP contribution is 2.59. The number of benzene rings is 1. The van der Waals surface area contributed by atoms with Crippen LogP contribution in [0.25, 0.3) is 0 Å². The molecule has 2 atom stereocenters. The number of amides is 2. The molecular formula is C23H25ClN4O3S. The number of pyridine rings is 1. The smallest absolute Gasteiger partial charge is 0.413 e. The molecule has 1 aliphatic heterocycles. The van der Waals surface area contributed by atoms with E-state index in [0.717, 1.165) is 24.2 Å². The Labute approximate surface area is 196 Å². The highest BCUT2D eigenvalue weighted by Gasteiger charge is 2.56. The maximum atomic E-state index is 12.5. The minimum absolute atomic E-state index is 0.287. The Balaban J connectivity index is 1.53. The second-order valence-corrected chi connectivity index (χ2v) is 10.4. The molecule has 0 spiro atoms. The van der Waals surface area contributed by atoms with Crippen LogP contribution in [0.4, 0.5) is 10.5 Å². The second kappa shape index (κ2) is 8.75. The van der Waals surface area contributed by atoms with Gasteiger partial charge in [0, 0.05) is 17.6 Å². The number of anilines is 1. The summed E-state index contributed by atoms with van der Waals surface area (Å²) in [6.45, 7) is 5.48. The van der Waals surface area contributed by atoms with Crippen LogP contribution in [0.15, 0.2) is 47.6 Å². The number of thioether (sulfide) groups is 1. The summed E-state index contributed by atoms with van der Waals surface area (Å²) in [5.74, 6) is 0.965. The fraction of sp³-hybridized carbons (Fsp3) is 0.391. The molecule has 168 valence electrons. The number of nitrogens with one attached hydrogen (secondary N) is 2. The number of halogens is 1. The van der Waals surface area contributed by atoms with Gasteiger partial charge < -0.3 is 10.1 Å². The first kappa shape index (κ1) is 22.6. The van der Waals surface area contributed by atoms with Crippen molar-refractivity contribution >= 4 is 46.2 Å². The first-order valence-electron chi connectivity index (χ1n) is 10.4. The van der Waals surface area contributed by atoms with Gasteiger partial charge in [-0.05, 0) is 69.4 Å². The number of hydrogen-bond donors (Lipinski definition) is 2. The third kappa shape index (κ3) is 5.24. The van der Waals surface area contributed by atoms with Crippen molar-refractivity contribution in [1.29, 1.82) is 0 Å². The lowest BCUT2D eigenvalue weighted by molar-refractivity contribution is 0.0564. The zero-order valence-electron chi connectivity index (χ0n) is 18.1. The summed E-state index contributed by atoms with van der Waals surface area (Å²) < 4.78 is 5.38. The van der Waals surface area contributed by atoms with Gasteiger partial charge in [-0.3, -0.25) is 15.1 Å². The molecule has 2 aromatic rings. The number of aromatic nitrogens is 1. The van der Waals surface area contributed by atoms with Gasteiger partial charge in [-0.15, -0.1) is 0 Å². The van der Waals surface area contributed by atoms with E-state index in [2.05, 4.69) is 15.6 Å². The van der Waals surface area contributed by atoms with Crippen molar-refractivity contribution in [1.82, 2.24) is 10.3 Å². The predicted molar refractivity (Wildman–Crippen MR) is 127 cm³/mol. The molecule has 4 rings (SSSR count). The Morgan fingerprint density at radius 2 is 2.03 bits per heavy atom. The van der Waals surface area contributed by atoms with Crippen LogP contribution in [0.1, 0.15) is 49.7 Å². The lowest BCUT2D eigenvalue weighted by Crippen LogP contribution is -2.35. The SMILES string of the molecule is CC(C)(C)OC(=O)NC1=N[C@@]2(c3cccc(NC(=O)c4ccc(Cl)cn4)c3)C[C@H]2CCS1. The Kier molecular flexibility index (Phi) is 6.18. The van der Waals surface area contributed by atoms with Crippen molar-refractivity contribution in [2.45, 2.75) is 44.8 Å². The molecule has 0 saturated heterocycles. The molecular weight excluding hydrogens is 448 g/mol. The van der Waals surface area contributed by atoms with Crippen LogP contribution in [-0.4, -0.2) is 33.5 Å². The van der Waals surface area contributed by atoms with Crippen LogP contribution >= 0.6 is 23.4 Å². The number of alkyl carbamates (subject to hydrolysis) is 1. The van der Waals surface area contributed by atoms with Crippen LogP contribution in [0.2, 0.25) is 5.02 Å². The van der Waals surface area contributed by atoms with E-state index in [9.17, 15) is 9.59 Å². The zero-order valence-corrected chi connectivity index (χ0v) is 19.7. The number of ether oxygens (including phenoxy) is 1. The Morgan fingerprint density at radius 1 is 1.22 bits per heavy atom. The summed E-state index contributed by atoms with van der Waals surface area (Å²) in [5, 5.41) is 6.74. The van der Waals surface area contributed by atoms with E-state index in [-0.39, 0.29) is 11.6 Å². The quantitative estimate of drug-likeness (QED) is 0.638. The van der Waals surface area contributed by atoms with Crippen LogP contribution in [0.5, 0.6) is 0 Å². The molecule has 9 heteroatoms. The van der Waals surface area contributed by atoms with Gasteiger partial charge in [-0.2, -0.15) is 0 Å². The topological polar surface area (TPSA) is 92.7 Å². The van der Waals surface area contributed by atoms with E-state index in [1.54, 1.807) is 12.1 Å². The van der Waals surface area contributed by atoms with Gasteiger partial charge in [0.2, 0.25) is 0 Å². The summed E-state index contributed by atoms with van der Waals surface area (Å²) in [6.07, 6.45) is 2.84. The van der Waals surface area contributed by atoms with E-state index < -0.39 is 17.2 Å². The van der Waals surface area contributed by atoms with Gasteiger partial charge in [0.1, 0.15) is 11.3 Å². The third-order valence-electron chi connectivity index (χ3n) is 5.27. The Morgan fingerprint density at radius 3 is 2.75 bits per heavy atom. The number of amidine groups is 1. The minimum atomic E-state index is -0.578. The highest BCUT2D eigenvalue weighted by molar-refractivity contribution is 8.13. The van der Waals surface area contributed by atoms with Gasteiger partial charge in [-0.1, -0.05) is 35.5 Å². The van der Waals surface area contributed by atoms with Crippen molar-refractivity contribution in [3.8, 4) is 0 Å². The molecule has 1 aromatic heterocycles. The van der Waals surface area contributed by atoms with E-state index >= 15 is 0 Å². The number of aliphatic imine (C=N–C) groups is 1. The van der Waals surface area contributed by atoms with E-state index in [4.69, 9.17) is 21.3 Å². The van der Waals surface area contributed by atoms with Gasteiger partial charge in [-0.25, -0.2) is 9.78 Å². The fourth-order valence-corrected chi connectivity index (χ4v) is 4.84. The van der Waals surface area contributed by atoms with Crippen LogP contribution in [0, 0.1) is 5.92 Å². The normalized spacial score (nSPS) is 22.1. The Hall–Kier alpha value is -2.58. The molecule has 0 bridgehead atoms. The van der Waals surface area contributed by atoms with Crippen LogP contribution in [-0.2, 0) is 10.3 Å². The summed E-state index contributed by atoms with van der Waals surface area (Å²) in [4.78, 5) is 33.8. The van der Waals surface area contributed by atoms with Crippen molar-refractivity contribution < 1.29 is 14.3 Å². The van der Waals surface area contributed by atoms with Gasteiger partial charge in [0.25, 0.3) is 5.91 Å². The largest absolute Gasteiger partial charge is 0.444 e. The monoisotopic (exact) mass is 472 g/mol. The standard InChI is InChI=1S/C23H25ClN4O3S/c1-22(2,3)31-21(30)27-20-28-23(12-15(23)9-10-32-20)14-5-4-6-17(11-14)26-19(29)18-8-7-16(24)13-25-18/h4-8,11,13,15H,9-10,12H2,1-3H3,(H,26,29)(H,27,28,30)/t15-,23-/m1/s1. The summed E-state index contributed by atoms with van der Waals surface area (Å²) in [6, 6.07) is 10.9. The molecule has 1 saturated carbocycles. The highest BCUT2D eigenvalue weighted by atomic mass is 35.5. The van der Waals surface area contributed by atoms with Gasteiger partial charge in [0.05, 0.1) is 10.6 Å². The van der Waals surface area contributed by atoms with Crippen LogP contribution < -0.4 is 10.6 Å². The van der Waals surface area contributed by atoms with Gasteiger partial charge >= 0.3 is 6.09 Å². The first-order valence-corrected chi connectivity index (χ1v) is 11.8. The first-order chi connectivity index (χ1) is 15.1. The van der Waals surface area contributed by atoms with Crippen LogP contribution in [0.3, 0.4) is 0 Å². The summed E-state index contributed by atoms with van der Waals surface area (Å²) >= 11 is 7.38. The van der Waals surface area contributed by atoms with Crippen molar-refractivity contribution in [2.24, 2.45) is 10.9 Å². The zero-order chi connectivity index (χ0) is 22.9. The average Bonchev–Trinajstić information content (AvgIpc) is 3.42. The van der Waals surface area contributed by atoms with E-state index in [1.165, 1.54) is 18.0 Å². The van der Waals surface area contributed by atoms with Crippen molar-refractivity contribution in [3.05, 3.63) is 58.9 Å². The molecule has 2 heterocycles. The number of fused-ring (bicyclic) bond motifs is 1. The maximum Gasteiger partial charge on any atom is 0.413 e. The minimum Gasteiger partial charge on any atom is -0.444 e. The van der Waals surface area contributed by atoms with Crippen molar-refractivity contribution in [3.63, 3.8) is 0 Å². The summed E-state index contributed by atoms with van der Waals surface area (Å²) in [7, 11) is 0. The molecule has 0 radical (unpaired) electrons. The number of carbonyl (C=O) groups is 2. The molecule has 2 N–H and O–H groups in total. The van der Waals surface area contributed by atoms with E-state index in [1.807, 2.05) is 45.0 Å². The molecule has 2 aliphatic rings. The molecule has 1 aliphatic carbocycles. The molecule has 1 aromatic carbocycles. The molecule has 32 heavy (non-hydrogen) atoms. The van der Waals surface area contributed by atoms with E-state index in [0.29, 0.717) is 21.8 Å². The third-order valence-corrected chi connectivity index (χ3v) is 6.40. The molecule has 7 nitrogen and oxygen atoms in total. The predicted octanol–water partition coefficient (Wildman–Crippen LogP) is 5.22. The molecule has 1 fully saturated rings. The van der Waals surface area contributed by atoms with Crippen molar-refractivity contribution in [2.75, 3.05) is 11.1 Å². The lowest BCUT2D eigenvalue weighted by atomic mass is 10.0. The number of carbonyl (C=O) groups excluding carboxylic acids is 2. The number of nitrogens with zero attached hydrogens (tertiary/aromatic N) is 2. The molecule has 2 amide bonds. The maximum absolute atomic E-state index is 12.5. The number of rotatable bonds is 3. The summed E-state index contributed by atoms with van der Waals surface area (Å²) in [5.41, 5.74) is 0.988. The fourth-order valence-electron chi connectivity index (χ4n) is 3.75. The van der Waals surface area contributed by atoms with Gasteiger partial charge in [0.15, 0.2) is 5.17 Å². The second-order valence-electron chi connectivity index (χ2n) is 8.90. The Bertz CT molecular complexity index is 1070. The average molecular weight is 473 g/mol. The number of hydrogen-bond acceptors (Lipinski definition) is 6. The molecule has 0 unspecified atom stereocenters.